The van der Waals surface area contributed by atoms with Gasteiger partial charge < -0.3 is 11.1 Å². The molecule has 2 rings (SSSR count). The monoisotopic (exact) mass is 233 g/mol. The van der Waals surface area contributed by atoms with E-state index in [9.17, 15) is 0 Å². The minimum atomic E-state index is 0.584. The largest absolute Gasteiger partial charge is 0.383 e. The van der Waals surface area contributed by atoms with Gasteiger partial charge in [0.25, 0.3) is 0 Å². The summed E-state index contributed by atoms with van der Waals surface area (Å²) in [6.45, 7) is 5.31. The Morgan fingerprint density at radius 1 is 1.47 bits per heavy atom. The Balaban J connectivity index is 2.13. The van der Waals surface area contributed by atoms with Crippen molar-refractivity contribution < 1.29 is 0 Å². The predicted molar refractivity (Wildman–Crippen MR) is 72.1 cm³/mol. The molecule has 2 atom stereocenters. The number of rotatable bonds is 3. The number of aryl methyl sites for hydroxylation is 1. The van der Waals surface area contributed by atoms with E-state index in [0.717, 1.165) is 12.4 Å². The number of hydrogen-bond acceptors (Lipinski definition) is 3. The summed E-state index contributed by atoms with van der Waals surface area (Å²) < 4.78 is 0. The molecule has 1 heterocycles. The molecule has 1 aliphatic rings. The summed E-state index contributed by atoms with van der Waals surface area (Å²) in [4.78, 5) is 4.28. The molecular weight excluding hydrogens is 210 g/mol. The van der Waals surface area contributed by atoms with Gasteiger partial charge in [0.2, 0.25) is 0 Å². The molecule has 1 aliphatic carbocycles. The van der Waals surface area contributed by atoms with Crippen LogP contribution in [0.1, 0.15) is 49.7 Å². The van der Waals surface area contributed by atoms with Gasteiger partial charge >= 0.3 is 0 Å². The standard InChI is InChI=1S/C14H23N3/c1-3-16-12-6-4-5-11(8-12)13-7-10(2)9-17-14(13)15/h7,9,11-12,16H,3-6,8H2,1-2H3,(H2,15,17). The molecule has 0 spiro atoms. The second kappa shape index (κ2) is 5.50. The van der Waals surface area contributed by atoms with Crippen molar-refractivity contribution in [2.24, 2.45) is 0 Å². The molecule has 0 aliphatic heterocycles. The number of nitrogens with one attached hydrogen (secondary N) is 1. The van der Waals surface area contributed by atoms with E-state index in [4.69, 9.17) is 5.73 Å². The third-order valence-electron chi connectivity index (χ3n) is 3.69. The second-order valence-corrected chi connectivity index (χ2v) is 5.11. The molecule has 3 heteroatoms. The minimum absolute atomic E-state index is 0.584. The van der Waals surface area contributed by atoms with Gasteiger partial charge in [-0.1, -0.05) is 19.4 Å². The number of hydrogen-bond donors (Lipinski definition) is 2. The van der Waals surface area contributed by atoms with E-state index in [-0.39, 0.29) is 0 Å². The molecule has 17 heavy (non-hydrogen) atoms. The van der Waals surface area contributed by atoms with Crippen LogP contribution in [0.2, 0.25) is 0 Å². The summed E-state index contributed by atoms with van der Waals surface area (Å²) in [5.74, 6) is 1.30. The quantitative estimate of drug-likeness (QED) is 0.843. The fourth-order valence-corrected chi connectivity index (χ4v) is 2.88. The first-order chi connectivity index (χ1) is 8.20. The normalized spacial score (nSPS) is 24.8. The Hall–Kier alpha value is -1.09. The van der Waals surface area contributed by atoms with Crippen molar-refractivity contribution >= 4 is 5.82 Å². The van der Waals surface area contributed by atoms with Crippen molar-refractivity contribution in [2.75, 3.05) is 12.3 Å². The highest BCUT2D eigenvalue weighted by atomic mass is 14.9. The highest BCUT2D eigenvalue weighted by molar-refractivity contribution is 5.43. The summed E-state index contributed by atoms with van der Waals surface area (Å²) in [5, 5.41) is 3.56. The molecule has 0 aromatic carbocycles. The second-order valence-electron chi connectivity index (χ2n) is 5.11. The smallest absolute Gasteiger partial charge is 0.126 e. The zero-order valence-electron chi connectivity index (χ0n) is 10.9. The molecule has 0 bridgehead atoms. The van der Waals surface area contributed by atoms with Crippen LogP contribution in [0.3, 0.4) is 0 Å². The molecule has 3 N–H and O–H groups in total. The van der Waals surface area contributed by atoms with Crippen molar-refractivity contribution in [2.45, 2.75) is 51.5 Å². The molecular formula is C14H23N3. The van der Waals surface area contributed by atoms with Gasteiger partial charge in [0.15, 0.2) is 0 Å². The van der Waals surface area contributed by atoms with Crippen LogP contribution < -0.4 is 11.1 Å². The predicted octanol–water partition coefficient (Wildman–Crippen LogP) is 2.61. The number of pyridine rings is 1. The van der Waals surface area contributed by atoms with Gasteiger partial charge in [-0.2, -0.15) is 0 Å². The van der Waals surface area contributed by atoms with E-state index in [2.05, 4.69) is 30.2 Å². The lowest BCUT2D eigenvalue weighted by Crippen LogP contribution is -2.33. The van der Waals surface area contributed by atoms with Gasteiger partial charge in [0, 0.05) is 12.2 Å². The van der Waals surface area contributed by atoms with Crippen LogP contribution in [-0.2, 0) is 0 Å². The third kappa shape index (κ3) is 2.97. The van der Waals surface area contributed by atoms with Crippen LogP contribution in [0.4, 0.5) is 5.82 Å². The van der Waals surface area contributed by atoms with Crippen LogP contribution in [0.5, 0.6) is 0 Å². The molecule has 94 valence electrons. The summed E-state index contributed by atoms with van der Waals surface area (Å²) in [5.41, 5.74) is 8.47. The van der Waals surface area contributed by atoms with Gasteiger partial charge in [0.1, 0.15) is 5.82 Å². The maximum absolute atomic E-state index is 6.01. The topological polar surface area (TPSA) is 50.9 Å². The van der Waals surface area contributed by atoms with Crippen molar-refractivity contribution in [3.05, 3.63) is 23.4 Å². The average molecular weight is 233 g/mol. The SMILES string of the molecule is CCNC1CCCC(c2cc(C)cnc2N)C1. The van der Waals surface area contributed by atoms with E-state index in [0.29, 0.717) is 12.0 Å². The Kier molecular flexibility index (Phi) is 4.00. The van der Waals surface area contributed by atoms with E-state index >= 15 is 0 Å². The molecule has 1 aromatic rings. The van der Waals surface area contributed by atoms with Gasteiger partial charge in [-0.05, 0) is 49.8 Å². The Bertz CT molecular complexity index is 374. The maximum atomic E-state index is 6.01. The molecule has 1 aromatic heterocycles. The highest BCUT2D eigenvalue weighted by Crippen LogP contribution is 2.35. The van der Waals surface area contributed by atoms with Gasteiger partial charge in [-0.15, -0.1) is 0 Å². The number of aromatic nitrogens is 1. The Morgan fingerprint density at radius 3 is 3.06 bits per heavy atom. The van der Waals surface area contributed by atoms with Crippen LogP contribution in [-0.4, -0.2) is 17.6 Å². The zero-order chi connectivity index (χ0) is 12.3. The molecule has 2 unspecified atom stereocenters. The number of anilines is 1. The van der Waals surface area contributed by atoms with Crippen molar-refractivity contribution in [1.29, 1.82) is 0 Å². The van der Waals surface area contributed by atoms with Crippen molar-refractivity contribution in [3.63, 3.8) is 0 Å². The average Bonchev–Trinajstić information content (AvgIpc) is 2.33. The van der Waals surface area contributed by atoms with Crippen LogP contribution in [0, 0.1) is 6.92 Å². The molecule has 3 nitrogen and oxygen atoms in total. The van der Waals surface area contributed by atoms with E-state index in [1.165, 1.54) is 36.8 Å². The Morgan fingerprint density at radius 2 is 2.29 bits per heavy atom. The molecule has 0 saturated heterocycles. The zero-order valence-corrected chi connectivity index (χ0v) is 10.9. The maximum Gasteiger partial charge on any atom is 0.126 e. The van der Waals surface area contributed by atoms with Gasteiger partial charge in [-0.25, -0.2) is 4.98 Å². The van der Waals surface area contributed by atoms with E-state index in [1.807, 2.05) is 6.20 Å². The third-order valence-corrected chi connectivity index (χ3v) is 3.69. The van der Waals surface area contributed by atoms with Crippen LogP contribution in [0.15, 0.2) is 12.3 Å². The highest BCUT2D eigenvalue weighted by Gasteiger charge is 2.24. The van der Waals surface area contributed by atoms with Gasteiger partial charge in [-0.3, -0.25) is 0 Å². The summed E-state index contributed by atoms with van der Waals surface area (Å²) in [6, 6.07) is 2.86. The van der Waals surface area contributed by atoms with Crippen molar-refractivity contribution in [3.8, 4) is 0 Å². The van der Waals surface area contributed by atoms with Crippen LogP contribution in [0.25, 0.3) is 0 Å². The van der Waals surface area contributed by atoms with E-state index < -0.39 is 0 Å². The summed E-state index contributed by atoms with van der Waals surface area (Å²) in [6.07, 6.45) is 6.88. The fraction of sp³-hybridized carbons (Fsp3) is 0.643. The van der Waals surface area contributed by atoms with E-state index in [1.54, 1.807) is 0 Å². The van der Waals surface area contributed by atoms with Crippen molar-refractivity contribution in [1.82, 2.24) is 10.3 Å². The van der Waals surface area contributed by atoms with Gasteiger partial charge in [0.05, 0.1) is 0 Å². The lowest BCUT2D eigenvalue weighted by Gasteiger charge is -2.30. The number of nitrogen functional groups attached to an aromatic ring is 1. The minimum Gasteiger partial charge on any atom is -0.383 e. The molecule has 0 radical (unpaired) electrons. The van der Waals surface area contributed by atoms with Crippen LogP contribution >= 0.6 is 0 Å². The summed E-state index contributed by atoms with van der Waals surface area (Å²) in [7, 11) is 0. The summed E-state index contributed by atoms with van der Waals surface area (Å²) >= 11 is 0. The first-order valence-electron chi connectivity index (χ1n) is 6.66. The first-order valence-corrected chi connectivity index (χ1v) is 6.66. The fourth-order valence-electron chi connectivity index (χ4n) is 2.88. The first kappa shape index (κ1) is 12.4. The molecule has 0 amide bonds. The molecule has 1 fully saturated rings. The number of nitrogens with zero attached hydrogens (tertiary/aromatic N) is 1. The Labute approximate surface area is 104 Å². The lowest BCUT2D eigenvalue weighted by molar-refractivity contribution is 0.344. The lowest BCUT2D eigenvalue weighted by atomic mass is 9.81. The number of nitrogens with two attached hydrogens (primary N) is 1. The molecule has 1 saturated carbocycles.